The molecule has 0 unspecified atom stereocenters. The zero-order chi connectivity index (χ0) is 13.9. The highest BCUT2D eigenvalue weighted by atomic mass is 32.2. The smallest absolute Gasteiger partial charge is 0.238 e. The van der Waals surface area contributed by atoms with Crippen LogP contribution in [0.3, 0.4) is 0 Å². The standard InChI is InChI=1S/C12H14N2O4S/c1-9-5-12(13-18-9)8-19(16,17)14-11-4-2-3-10(6-11)7-15/h2-6,14-15H,7-8H2,1H3. The Bertz CT molecular complexity index is 664. The van der Waals surface area contributed by atoms with Gasteiger partial charge < -0.3 is 9.63 Å². The third-order valence-electron chi connectivity index (χ3n) is 2.40. The van der Waals surface area contributed by atoms with E-state index in [0.29, 0.717) is 22.7 Å². The van der Waals surface area contributed by atoms with Gasteiger partial charge in [0.05, 0.1) is 6.61 Å². The van der Waals surface area contributed by atoms with Crippen molar-refractivity contribution < 1.29 is 18.0 Å². The molecule has 1 aromatic carbocycles. The lowest BCUT2D eigenvalue weighted by atomic mass is 10.2. The summed E-state index contributed by atoms with van der Waals surface area (Å²) in [5, 5.41) is 12.6. The largest absolute Gasteiger partial charge is 0.392 e. The number of aromatic nitrogens is 1. The number of aliphatic hydroxyl groups excluding tert-OH is 1. The van der Waals surface area contributed by atoms with Crippen LogP contribution >= 0.6 is 0 Å². The van der Waals surface area contributed by atoms with Crippen molar-refractivity contribution in [3.05, 3.63) is 47.3 Å². The van der Waals surface area contributed by atoms with Gasteiger partial charge in [-0.1, -0.05) is 17.3 Å². The van der Waals surface area contributed by atoms with E-state index in [-0.39, 0.29) is 12.4 Å². The second kappa shape index (κ2) is 5.41. The molecule has 0 aliphatic carbocycles. The van der Waals surface area contributed by atoms with Crippen molar-refractivity contribution in [2.24, 2.45) is 0 Å². The van der Waals surface area contributed by atoms with E-state index in [1.54, 1.807) is 37.3 Å². The zero-order valence-electron chi connectivity index (χ0n) is 10.3. The topological polar surface area (TPSA) is 92.4 Å². The minimum absolute atomic E-state index is 0.141. The highest BCUT2D eigenvalue weighted by Gasteiger charge is 2.14. The molecule has 2 aromatic rings. The molecular formula is C12H14N2O4S. The van der Waals surface area contributed by atoms with E-state index >= 15 is 0 Å². The van der Waals surface area contributed by atoms with Crippen LogP contribution in [-0.2, 0) is 22.4 Å². The fourth-order valence-electron chi connectivity index (χ4n) is 1.63. The number of nitrogens with one attached hydrogen (secondary N) is 1. The van der Waals surface area contributed by atoms with E-state index in [4.69, 9.17) is 9.63 Å². The second-order valence-electron chi connectivity index (χ2n) is 4.15. The Morgan fingerprint density at radius 2 is 2.16 bits per heavy atom. The van der Waals surface area contributed by atoms with Gasteiger partial charge in [-0.15, -0.1) is 0 Å². The molecule has 2 rings (SSSR count). The first kappa shape index (κ1) is 13.6. The van der Waals surface area contributed by atoms with Crippen molar-refractivity contribution in [2.45, 2.75) is 19.3 Å². The number of aryl methyl sites for hydroxylation is 1. The van der Waals surface area contributed by atoms with Crippen LogP contribution in [-0.4, -0.2) is 18.7 Å². The fourth-order valence-corrected chi connectivity index (χ4v) is 2.71. The summed E-state index contributed by atoms with van der Waals surface area (Å²) in [4.78, 5) is 0. The van der Waals surface area contributed by atoms with Gasteiger partial charge in [0.2, 0.25) is 10.0 Å². The van der Waals surface area contributed by atoms with Gasteiger partial charge >= 0.3 is 0 Å². The Balaban J connectivity index is 2.12. The molecule has 0 amide bonds. The molecule has 102 valence electrons. The molecule has 6 nitrogen and oxygen atoms in total. The highest BCUT2D eigenvalue weighted by Crippen LogP contribution is 2.14. The maximum Gasteiger partial charge on any atom is 0.238 e. The molecular weight excluding hydrogens is 268 g/mol. The number of hydrogen-bond acceptors (Lipinski definition) is 5. The van der Waals surface area contributed by atoms with Gasteiger partial charge in [-0.25, -0.2) is 8.42 Å². The summed E-state index contributed by atoms with van der Waals surface area (Å²) in [6.45, 7) is 1.55. The molecule has 1 aromatic heterocycles. The fraction of sp³-hybridized carbons (Fsp3) is 0.250. The number of nitrogens with zero attached hydrogens (tertiary/aromatic N) is 1. The molecule has 0 atom stereocenters. The molecule has 1 heterocycles. The Labute approximate surface area is 111 Å². The average Bonchev–Trinajstić information content (AvgIpc) is 2.73. The third-order valence-corrected chi connectivity index (χ3v) is 3.62. The predicted octanol–water partition coefficient (Wildman–Crippen LogP) is 1.42. The van der Waals surface area contributed by atoms with Gasteiger partial charge in [-0.05, 0) is 24.6 Å². The van der Waals surface area contributed by atoms with Crippen LogP contribution in [0.15, 0.2) is 34.9 Å². The Morgan fingerprint density at radius 1 is 1.37 bits per heavy atom. The van der Waals surface area contributed by atoms with E-state index in [0.717, 1.165) is 0 Å². The quantitative estimate of drug-likeness (QED) is 0.865. The van der Waals surface area contributed by atoms with Gasteiger partial charge in [-0.2, -0.15) is 0 Å². The maximum atomic E-state index is 11.9. The van der Waals surface area contributed by atoms with Crippen LogP contribution in [0, 0.1) is 6.92 Å². The summed E-state index contributed by atoms with van der Waals surface area (Å²) < 4.78 is 31.1. The Morgan fingerprint density at radius 3 is 2.79 bits per heavy atom. The molecule has 0 radical (unpaired) electrons. The lowest BCUT2D eigenvalue weighted by molar-refractivity contribution is 0.282. The van der Waals surface area contributed by atoms with Crippen LogP contribution in [0.25, 0.3) is 0 Å². The molecule has 7 heteroatoms. The molecule has 0 aliphatic heterocycles. The predicted molar refractivity (Wildman–Crippen MR) is 69.9 cm³/mol. The first-order chi connectivity index (χ1) is 8.98. The third kappa shape index (κ3) is 3.80. The first-order valence-electron chi connectivity index (χ1n) is 5.61. The number of sulfonamides is 1. The van der Waals surface area contributed by atoms with Gasteiger partial charge in [-0.3, -0.25) is 4.72 Å². The molecule has 0 bridgehead atoms. The monoisotopic (exact) mass is 282 g/mol. The minimum Gasteiger partial charge on any atom is -0.392 e. The molecule has 0 saturated heterocycles. The Kier molecular flexibility index (Phi) is 3.87. The number of hydrogen-bond donors (Lipinski definition) is 2. The first-order valence-corrected chi connectivity index (χ1v) is 7.26. The lowest BCUT2D eigenvalue weighted by Gasteiger charge is -2.07. The summed E-state index contributed by atoms with van der Waals surface area (Å²) in [5.41, 5.74) is 1.40. The molecule has 19 heavy (non-hydrogen) atoms. The van der Waals surface area contributed by atoms with Crippen molar-refractivity contribution >= 4 is 15.7 Å². The summed E-state index contributed by atoms with van der Waals surface area (Å²) in [6.07, 6.45) is 0. The van der Waals surface area contributed by atoms with Crippen LogP contribution < -0.4 is 4.72 Å². The van der Waals surface area contributed by atoms with Crippen LogP contribution in [0.4, 0.5) is 5.69 Å². The number of aliphatic hydroxyl groups is 1. The normalized spacial score (nSPS) is 11.5. The van der Waals surface area contributed by atoms with Gasteiger partial charge in [0.25, 0.3) is 0 Å². The summed E-state index contributed by atoms with van der Waals surface area (Å²) in [6, 6.07) is 8.14. The zero-order valence-corrected chi connectivity index (χ0v) is 11.1. The van der Waals surface area contributed by atoms with Crippen molar-refractivity contribution in [3.8, 4) is 0 Å². The van der Waals surface area contributed by atoms with Crippen molar-refractivity contribution in [2.75, 3.05) is 4.72 Å². The number of benzene rings is 1. The summed E-state index contributed by atoms with van der Waals surface area (Å²) in [5.74, 6) is 0.306. The van der Waals surface area contributed by atoms with E-state index in [1.807, 2.05) is 0 Å². The molecule has 0 saturated carbocycles. The summed E-state index contributed by atoms with van der Waals surface area (Å²) >= 11 is 0. The number of anilines is 1. The van der Waals surface area contributed by atoms with Crippen molar-refractivity contribution in [1.29, 1.82) is 0 Å². The molecule has 0 aliphatic rings. The van der Waals surface area contributed by atoms with Crippen LogP contribution in [0.2, 0.25) is 0 Å². The molecule has 0 spiro atoms. The maximum absolute atomic E-state index is 11.9. The van der Waals surface area contributed by atoms with Crippen molar-refractivity contribution in [1.82, 2.24) is 5.16 Å². The minimum atomic E-state index is -3.55. The second-order valence-corrected chi connectivity index (χ2v) is 5.87. The van der Waals surface area contributed by atoms with Crippen molar-refractivity contribution in [3.63, 3.8) is 0 Å². The van der Waals surface area contributed by atoms with Gasteiger partial charge in [0.1, 0.15) is 17.2 Å². The van der Waals surface area contributed by atoms with E-state index in [9.17, 15) is 8.42 Å². The lowest BCUT2D eigenvalue weighted by Crippen LogP contribution is -2.15. The highest BCUT2D eigenvalue weighted by molar-refractivity contribution is 7.91. The van der Waals surface area contributed by atoms with Gasteiger partial charge in [0, 0.05) is 11.8 Å². The van der Waals surface area contributed by atoms with Crippen LogP contribution in [0.5, 0.6) is 0 Å². The van der Waals surface area contributed by atoms with Gasteiger partial charge in [0.15, 0.2) is 0 Å². The SMILES string of the molecule is Cc1cc(CS(=O)(=O)Nc2cccc(CO)c2)no1. The molecule has 0 fully saturated rings. The van der Waals surface area contributed by atoms with E-state index in [2.05, 4.69) is 9.88 Å². The van der Waals surface area contributed by atoms with E-state index < -0.39 is 10.0 Å². The summed E-state index contributed by atoms with van der Waals surface area (Å²) in [7, 11) is -3.55. The van der Waals surface area contributed by atoms with Crippen LogP contribution in [0.1, 0.15) is 17.0 Å². The number of rotatable bonds is 5. The molecule has 2 N–H and O–H groups in total. The Hall–Kier alpha value is -1.86. The van der Waals surface area contributed by atoms with E-state index in [1.165, 1.54) is 0 Å². The average molecular weight is 282 g/mol.